The van der Waals surface area contributed by atoms with Crippen LogP contribution in [-0.2, 0) is 0 Å². The number of hydrogen-bond donors (Lipinski definition) is 2. The van der Waals surface area contributed by atoms with Crippen LogP contribution in [0.25, 0.3) is 0 Å². The Morgan fingerprint density at radius 2 is 1.88 bits per heavy atom. The molecule has 0 aliphatic carbocycles. The first-order valence-corrected chi connectivity index (χ1v) is 5.24. The summed E-state index contributed by atoms with van der Waals surface area (Å²) in [5.74, 6) is 1.54. The molecule has 0 aliphatic heterocycles. The Hall–Kier alpha value is -2.54. The van der Waals surface area contributed by atoms with Gasteiger partial charge in [0.2, 0.25) is 0 Å². The van der Waals surface area contributed by atoms with Gasteiger partial charge in [0.25, 0.3) is 0 Å². The first-order valence-electron chi connectivity index (χ1n) is 5.24. The van der Waals surface area contributed by atoms with Gasteiger partial charge in [-0.05, 0) is 30.3 Å². The van der Waals surface area contributed by atoms with E-state index in [4.69, 9.17) is 5.26 Å². The topological polar surface area (TPSA) is 60.7 Å². The van der Waals surface area contributed by atoms with Crippen LogP contribution in [0.4, 0.5) is 17.3 Å². The molecule has 0 aliphatic rings. The molecular weight excluding hydrogens is 212 g/mol. The average Bonchev–Trinajstić information content (AvgIpc) is 2.39. The van der Waals surface area contributed by atoms with E-state index < -0.39 is 0 Å². The highest BCUT2D eigenvalue weighted by Crippen LogP contribution is 2.17. The van der Waals surface area contributed by atoms with Crippen molar-refractivity contribution in [2.45, 2.75) is 0 Å². The largest absolute Gasteiger partial charge is 0.373 e. The van der Waals surface area contributed by atoms with Gasteiger partial charge >= 0.3 is 0 Å². The summed E-state index contributed by atoms with van der Waals surface area (Å²) in [5, 5.41) is 14.9. The number of nitrogens with one attached hydrogen (secondary N) is 2. The molecule has 0 atom stereocenters. The molecule has 1 aromatic carbocycles. The standard InChI is InChI=1S/C13H12N4/c1-15-12-6-3-7-13(17-12)16-11-5-2-4-10(8-11)9-14/h2-8H,1H3,(H2,15,16,17). The molecule has 4 heteroatoms. The molecule has 1 aromatic heterocycles. The summed E-state index contributed by atoms with van der Waals surface area (Å²) in [6, 6.07) is 15.1. The number of benzene rings is 1. The fourth-order valence-electron chi connectivity index (χ4n) is 1.46. The van der Waals surface area contributed by atoms with Crippen molar-refractivity contribution in [3.63, 3.8) is 0 Å². The summed E-state index contributed by atoms with van der Waals surface area (Å²) < 4.78 is 0. The first kappa shape index (κ1) is 11.0. The minimum absolute atomic E-state index is 0.625. The minimum atomic E-state index is 0.625. The molecule has 0 unspecified atom stereocenters. The van der Waals surface area contributed by atoms with Gasteiger partial charge < -0.3 is 10.6 Å². The second-order valence-corrected chi connectivity index (χ2v) is 3.48. The number of nitriles is 1. The third-order valence-corrected chi connectivity index (χ3v) is 2.27. The number of anilines is 3. The number of aromatic nitrogens is 1. The van der Waals surface area contributed by atoms with Crippen molar-refractivity contribution in [1.29, 1.82) is 5.26 Å². The molecule has 0 fully saturated rings. The smallest absolute Gasteiger partial charge is 0.132 e. The van der Waals surface area contributed by atoms with Gasteiger partial charge in [-0.2, -0.15) is 5.26 Å². The summed E-state index contributed by atoms with van der Waals surface area (Å²) in [6.07, 6.45) is 0. The van der Waals surface area contributed by atoms with Crippen LogP contribution in [0, 0.1) is 11.3 Å². The van der Waals surface area contributed by atoms with Crippen LogP contribution in [0.5, 0.6) is 0 Å². The zero-order valence-electron chi connectivity index (χ0n) is 9.44. The van der Waals surface area contributed by atoms with Crippen molar-refractivity contribution >= 4 is 17.3 Å². The molecule has 0 amide bonds. The molecule has 2 N–H and O–H groups in total. The van der Waals surface area contributed by atoms with Crippen LogP contribution in [0.15, 0.2) is 42.5 Å². The van der Waals surface area contributed by atoms with Gasteiger partial charge in [0.1, 0.15) is 11.6 Å². The molecule has 2 rings (SSSR count). The van der Waals surface area contributed by atoms with Gasteiger partial charge in [-0.3, -0.25) is 0 Å². The lowest BCUT2D eigenvalue weighted by atomic mass is 10.2. The molecule has 1 heterocycles. The molecule has 0 spiro atoms. The highest BCUT2D eigenvalue weighted by atomic mass is 15.0. The van der Waals surface area contributed by atoms with Crippen molar-refractivity contribution in [2.75, 3.05) is 17.7 Å². The molecule has 17 heavy (non-hydrogen) atoms. The van der Waals surface area contributed by atoms with E-state index in [0.717, 1.165) is 17.3 Å². The van der Waals surface area contributed by atoms with Crippen LogP contribution in [0.1, 0.15) is 5.56 Å². The van der Waals surface area contributed by atoms with E-state index in [0.29, 0.717) is 5.56 Å². The minimum Gasteiger partial charge on any atom is -0.373 e. The average molecular weight is 224 g/mol. The van der Waals surface area contributed by atoms with Gasteiger partial charge in [-0.1, -0.05) is 12.1 Å². The summed E-state index contributed by atoms with van der Waals surface area (Å²) in [5.41, 5.74) is 1.48. The monoisotopic (exact) mass is 224 g/mol. The SMILES string of the molecule is CNc1cccc(Nc2cccc(C#N)c2)n1. The van der Waals surface area contributed by atoms with Crippen molar-refractivity contribution in [2.24, 2.45) is 0 Å². The fraction of sp³-hybridized carbons (Fsp3) is 0.0769. The van der Waals surface area contributed by atoms with Gasteiger partial charge in [-0.15, -0.1) is 0 Å². The van der Waals surface area contributed by atoms with Crippen LogP contribution in [0.3, 0.4) is 0 Å². The van der Waals surface area contributed by atoms with E-state index in [-0.39, 0.29) is 0 Å². The van der Waals surface area contributed by atoms with E-state index in [9.17, 15) is 0 Å². The van der Waals surface area contributed by atoms with Gasteiger partial charge in [0.15, 0.2) is 0 Å². The Kier molecular flexibility index (Phi) is 3.22. The van der Waals surface area contributed by atoms with E-state index >= 15 is 0 Å². The number of rotatable bonds is 3. The quantitative estimate of drug-likeness (QED) is 0.841. The Bertz CT molecular complexity index is 557. The molecule has 0 saturated carbocycles. The normalized spacial score (nSPS) is 9.41. The van der Waals surface area contributed by atoms with E-state index in [1.54, 1.807) is 12.1 Å². The van der Waals surface area contributed by atoms with Crippen molar-refractivity contribution in [1.82, 2.24) is 4.98 Å². The summed E-state index contributed by atoms with van der Waals surface area (Å²) >= 11 is 0. The molecular formula is C13H12N4. The molecule has 0 radical (unpaired) electrons. The van der Waals surface area contributed by atoms with Crippen LogP contribution >= 0.6 is 0 Å². The van der Waals surface area contributed by atoms with Crippen LogP contribution in [0.2, 0.25) is 0 Å². The predicted molar refractivity (Wildman–Crippen MR) is 68.2 cm³/mol. The lowest BCUT2D eigenvalue weighted by Gasteiger charge is -2.07. The van der Waals surface area contributed by atoms with Crippen molar-refractivity contribution in [3.05, 3.63) is 48.0 Å². The molecule has 84 valence electrons. The third-order valence-electron chi connectivity index (χ3n) is 2.27. The lowest BCUT2D eigenvalue weighted by Crippen LogP contribution is -1.97. The van der Waals surface area contributed by atoms with Gasteiger partial charge in [0, 0.05) is 12.7 Å². The predicted octanol–water partition coefficient (Wildman–Crippen LogP) is 2.74. The number of hydrogen-bond acceptors (Lipinski definition) is 4. The lowest BCUT2D eigenvalue weighted by molar-refractivity contribution is 1.27. The van der Waals surface area contributed by atoms with E-state index in [2.05, 4.69) is 21.7 Å². The maximum absolute atomic E-state index is 8.81. The van der Waals surface area contributed by atoms with E-state index in [1.165, 1.54) is 0 Å². The number of nitrogens with zero attached hydrogens (tertiary/aromatic N) is 2. The maximum atomic E-state index is 8.81. The maximum Gasteiger partial charge on any atom is 0.132 e. The first-order chi connectivity index (χ1) is 8.31. The second-order valence-electron chi connectivity index (χ2n) is 3.48. The molecule has 4 nitrogen and oxygen atoms in total. The molecule has 2 aromatic rings. The highest BCUT2D eigenvalue weighted by molar-refractivity contribution is 5.59. The molecule has 0 saturated heterocycles. The summed E-state index contributed by atoms with van der Waals surface area (Å²) in [7, 11) is 1.82. The summed E-state index contributed by atoms with van der Waals surface area (Å²) in [6.45, 7) is 0. The third kappa shape index (κ3) is 2.73. The van der Waals surface area contributed by atoms with Crippen molar-refractivity contribution < 1.29 is 0 Å². The van der Waals surface area contributed by atoms with Gasteiger partial charge in [-0.25, -0.2) is 4.98 Å². The Labute approximate surface area is 99.9 Å². The highest BCUT2D eigenvalue weighted by Gasteiger charge is 1.98. The van der Waals surface area contributed by atoms with Crippen molar-refractivity contribution in [3.8, 4) is 6.07 Å². The summed E-state index contributed by atoms with van der Waals surface area (Å²) in [4.78, 5) is 4.34. The Morgan fingerprint density at radius 3 is 2.65 bits per heavy atom. The Balaban J connectivity index is 2.22. The second kappa shape index (κ2) is 4.99. The zero-order chi connectivity index (χ0) is 12.1. The van der Waals surface area contributed by atoms with Crippen LogP contribution in [-0.4, -0.2) is 12.0 Å². The van der Waals surface area contributed by atoms with Gasteiger partial charge in [0.05, 0.1) is 11.6 Å². The molecule has 0 bridgehead atoms. The fourth-order valence-corrected chi connectivity index (χ4v) is 1.46. The number of pyridine rings is 1. The van der Waals surface area contributed by atoms with Crippen LogP contribution < -0.4 is 10.6 Å². The Morgan fingerprint density at radius 1 is 1.12 bits per heavy atom. The zero-order valence-corrected chi connectivity index (χ0v) is 9.44. The van der Waals surface area contributed by atoms with E-state index in [1.807, 2.05) is 37.4 Å².